The van der Waals surface area contributed by atoms with Crippen molar-refractivity contribution in [3.8, 4) is 0 Å². The smallest absolute Gasteiger partial charge is 0.321 e. The molecule has 0 unspecified atom stereocenters. The largest absolute Gasteiger partial charge is 0.465 e. The number of rotatable bonds is 4. The Hall–Kier alpha value is -1.92. The highest BCUT2D eigenvalue weighted by Crippen LogP contribution is 2.19. The Morgan fingerprint density at radius 3 is 2.67 bits per heavy atom. The highest BCUT2D eigenvalue weighted by atomic mass is 32.2. The Balaban J connectivity index is 1.49. The van der Waals surface area contributed by atoms with Crippen LogP contribution in [0.5, 0.6) is 0 Å². The van der Waals surface area contributed by atoms with Crippen molar-refractivity contribution in [3.63, 3.8) is 0 Å². The Morgan fingerprint density at radius 2 is 2.00 bits per heavy atom. The first-order valence-corrected chi connectivity index (χ1v) is 9.34. The molecule has 0 spiro atoms. The van der Waals surface area contributed by atoms with Gasteiger partial charge < -0.3 is 14.6 Å². The van der Waals surface area contributed by atoms with Gasteiger partial charge in [-0.05, 0) is 43.5 Å². The van der Waals surface area contributed by atoms with Gasteiger partial charge in [0.1, 0.15) is 11.5 Å². The molecule has 2 amide bonds. The number of thioether (sulfide) groups is 1. The third-order valence-corrected chi connectivity index (χ3v) is 4.88. The van der Waals surface area contributed by atoms with Gasteiger partial charge in [0.05, 0.1) is 6.54 Å². The summed E-state index contributed by atoms with van der Waals surface area (Å²) < 4.78 is 5.62. The summed E-state index contributed by atoms with van der Waals surface area (Å²) in [7, 11) is 0. The molecule has 0 atom stereocenters. The van der Waals surface area contributed by atoms with E-state index in [0.29, 0.717) is 0 Å². The van der Waals surface area contributed by atoms with E-state index in [1.807, 2.05) is 54.5 Å². The number of furan rings is 1. The molecule has 2 heterocycles. The lowest BCUT2D eigenvalue weighted by Gasteiger charge is -2.34. The van der Waals surface area contributed by atoms with E-state index in [4.69, 9.17) is 4.42 Å². The zero-order chi connectivity index (χ0) is 16.9. The quantitative estimate of drug-likeness (QED) is 0.859. The van der Waals surface area contributed by atoms with Crippen LogP contribution in [-0.4, -0.2) is 48.3 Å². The number of piperazine rings is 1. The molecule has 128 valence electrons. The molecule has 6 heteroatoms. The first-order valence-electron chi connectivity index (χ1n) is 8.12. The van der Waals surface area contributed by atoms with Crippen molar-refractivity contribution in [1.29, 1.82) is 0 Å². The average molecular weight is 345 g/mol. The van der Waals surface area contributed by atoms with Crippen LogP contribution in [0.1, 0.15) is 11.5 Å². The molecule has 0 bridgehead atoms. The second-order valence-electron chi connectivity index (χ2n) is 5.94. The van der Waals surface area contributed by atoms with Crippen molar-refractivity contribution in [1.82, 2.24) is 9.80 Å². The van der Waals surface area contributed by atoms with Crippen LogP contribution < -0.4 is 5.32 Å². The Morgan fingerprint density at radius 1 is 1.21 bits per heavy atom. The molecular weight excluding hydrogens is 322 g/mol. The molecule has 1 aromatic carbocycles. The maximum Gasteiger partial charge on any atom is 0.321 e. The first kappa shape index (κ1) is 16.9. The van der Waals surface area contributed by atoms with Crippen molar-refractivity contribution < 1.29 is 9.21 Å². The standard InChI is InChI=1S/C18H23N3O2S/c1-14-6-7-16(23-14)13-20-8-10-21(11-9-20)18(22)19-15-4-3-5-17(12-15)24-2/h3-7,12H,8-11,13H2,1-2H3,(H,19,22). The number of anilines is 1. The normalized spacial score (nSPS) is 15.5. The fourth-order valence-electron chi connectivity index (χ4n) is 2.80. The molecule has 1 fully saturated rings. The van der Waals surface area contributed by atoms with Gasteiger partial charge in [0.25, 0.3) is 0 Å². The average Bonchev–Trinajstić information content (AvgIpc) is 3.00. The molecule has 3 rings (SSSR count). The summed E-state index contributed by atoms with van der Waals surface area (Å²) >= 11 is 1.67. The molecule has 1 N–H and O–H groups in total. The van der Waals surface area contributed by atoms with E-state index in [1.54, 1.807) is 11.8 Å². The van der Waals surface area contributed by atoms with Gasteiger partial charge in [-0.2, -0.15) is 0 Å². The van der Waals surface area contributed by atoms with Gasteiger partial charge in [-0.1, -0.05) is 6.07 Å². The molecule has 1 aliphatic heterocycles. The van der Waals surface area contributed by atoms with Gasteiger partial charge in [-0.15, -0.1) is 11.8 Å². The van der Waals surface area contributed by atoms with E-state index in [1.165, 1.54) is 0 Å². The summed E-state index contributed by atoms with van der Waals surface area (Å²) in [5.41, 5.74) is 0.848. The summed E-state index contributed by atoms with van der Waals surface area (Å²) in [6, 6.07) is 11.9. The van der Waals surface area contributed by atoms with Gasteiger partial charge in [0.15, 0.2) is 0 Å². The van der Waals surface area contributed by atoms with Crippen LogP contribution in [0.25, 0.3) is 0 Å². The zero-order valence-corrected chi connectivity index (χ0v) is 14.9. The molecule has 0 radical (unpaired) electrons. The molecule has 24 heavy (non-hydrogen) atoms. The number of hydrogen-bond donors (Lipinski definition) is 1. The molecule has 1 aromatic heterocycles. The minimum atomic E-state index is -0.0262. The number of amides is 2. The Bertz CT molecular complexity index is 693. The van der Waals surface area contributed by atoms with Crippen LogP contribution in [0.4, 0.5) is 10.5 Å². The van der Waals surface area contributed by atoms with Gasteiger partial charge in [-0.25, -0.2) is 4.79 Å². The number of nitrogens with zero attached hydrogens (tertiary/aromatic N) is 2. The van der Waals surface area contributed by atoms with Crippen molar-refractivity contribution in [2.24, 2.45) is 0 Å². The second-order valence-corrected chi connectivity index (χ2v) is 6.82. The van der Waals surface area contributed by atoms with Crippen molar-refractivity contribution in [3.05, 3.63) is 47.9 Å². The van der Waals surface area contributed by atoms with E-state index < -0.39 is 0 Å². The van der Waals surface area contributed by atoms with Crippen LogP contribution in [0.15, 0.2) is 45.7 Å². The number of urea groups is 1. The summed E-state index contributed by atoms with van der Waals surface area (Å²) in [6.07, 6.45) is 2.03. The van der Waals surface area contributed by atoms with E-state index in [0.717, 1.165) is 54.8 Å². The molecule has 5 nitrogen and oxygen atoms in total. The van der Waals surface area contributed by atoms with E-state index in [9.17, 15) is 4.79 Å². The van der Waals surface area contributed by atoms with Gasteiger partial charge in [0.2, 0.25) is 0 Å². The molecular formula is C18H23N3O2S. The third kappa shape index (κ3) is 4.33. The Kier molecular flexibility index (Phi) is 5.48. The van der Waals surface area contributed by atoms with Gasteiger partial charge in [0, 0.05) is 36.8 Å². The van der Waals surface area contributed by atoms with Crippen LogP contribution >= 0.6 is 11.8 Å². The van der Waals surface area contributed by atoms with Crippen molar-refractivity contribution in [2.75, 3.05) is 37.8 Å². The molecule has 1 aliphatic rings. The number of carbonyl (C=O) groups excluding carboxylic acids is 1. The summed E-state index contributed by atoms with van der Waals surface area (Å²) in [4.78, 5) is 17.7. The summed E-state index contributed by atoms with van der Waals surface area (Å²) in [5.74, 6) is 1.93. The number of hydrogen-bond acceptors (Lipinski definition) is 4. The molecule has 2 aromatic rings. The van der Waals surface area contributed by atoms with E-state index in [2.05, 4.69) is 10.2 Å². The minimum absolute atomic E-state index is 0.0262. The summed E-state index contributed by atoms with van der Waals surface area (Å²) in [6.45, 7) is 5.94. The summed E-state index contributed by atoms with van der Waals surface area (Å²) in [5, 5.41) is 2.99. The van der Waals surface area contributed by atoms with Gasteiger partial charge >= 0.3 is 6.03 Å². The van der Waals surface area contributed by atoms with Crippen LogP contribution in [-0.2, 0) is 6.54 Å². The Labute approximate surface area is 147 Å². The highest BCUT2D eigenvalue weighted by Gasteiger charge is 2.21. The highest BCUT2D eigenvalue weighted by molar-refractivity contribution is 7.98. The van der Waals surface area contributed by atoms with Crippen molar-refractivity contribution in [2.45, 2.75) is 18.4 Å². The lowest BCUT2D eigenvalue weighted by Crippen LogP contribution is -2.49. The van der Waals surface area contributed by atoms with Gasteiger partial charge in [-0.3, -0.25) is 4.90 Å². The van der Waals surface area contributed by atoms with Crippen LogP contribution in [0.3, 0.4) is 0 Å². The van der Waals surface area contributed by atoms with E-state index >= 15 is 0 Å². The minimum Gasteiger partial charge on any atom is -0.465 e. The maximum absolute atomic E-state index is 12.4. The predicted octanol–water partition coefficient (Wildman–Crippen LogP) is 3.66. The second kappa shape index (κ2) is 7.77. The number of carbonyl (C=O) groups is 1. The number of nitrogens with one attached hydrogen (secondary N) is 1. The molecule has 0 saturated carbocycles. The van der Waals surface area contributed by atoms with Crippen LogP contribution in [0.2, 0.25) is 0 Å². The molecule has 1 saturated heterocycles. The monoisotopic (exact) mass is 345 g/mol. The topological polar surface area (TPSA) is 48.7 Å². The van der Waals surface area contributed by atoms with Crippen molar-refractivity contribution >= 4 is 23.5 Å². The fraction of sp³-hybridized carbons (Fsp3) is 0.389. The molecule has 0 aliphatic carbocycles. The lowest BCUT2D eigenvalue weighted by atomic mass is 10.3. The number of benzene rings is 1. The third-order valence-electron chi connectivity index (χ3n) is 4.16. The maximum atomic E-state index is 12.4. The SMILES string of the molecule is CSc1cccc(NC(=O)N2CCN(Cc3ccc(C)o3)CC2)c1. The fourth-order valence-corrected chi connectivity index (χ4v) is 3.26. The first-order chi connectivity index (χ1) is 11.6. The van der Waals surface area contributed by atoms with Crippen LogP contribution in [0, 0.1) is 6.92 Å². The van der Waals surface area contributed by atoms with E-state index in [-0.39, 0.29) is 6.03 Å². The zero-order valence-electron chi connectivity index (χ0n) is 14.1. The number of aryl methyl sites for hydroxylation is 1. The predicted molar refractivity (Wildman–Crippen MR) is 97.5 cm³/mol. The lowest BCUT2D eigenvalue weighted by molar-refractivity contribution is 0.137.